The fourth-order valence-corrected chi connectivity index (χ4v) is 4.08. The van der Waals surface area contributed by atoms with Crippen molar-refractivity contribution in [3.8, 4) is 0 Å². The van der Waals surface area contributed by atoms with Gasteiger partial charge in [0.05, 0.1) is 4.92 Å². The first-order valence-corrected chi connectivity index (χ1v) is 9.62. The molecule has 0 saturated carbocycles. The van der Waals surface area contributed by atoms with Crippen molar-refractivity contribution in [2.75, 3.05) is 13.6 Å². The molecule has 0 amide bonds. The van der Waals surface area contributed by atoms with Gasteiger partial charge < -0.3 is 9.47 Å². The van der Waals surface area contributed by atoms with Gasteiger partial charge in [-0.3, -0.25) is 14.9 Å². The molecule has 0 radical (unpaired) electrons. The van der Waals surface area contributed by atoms with Crippen LogP contribution >= 0.6 is 0 Å². The van der Waals surface area contributed by atoms with Gasteiger partial charge in [0.25, 0.3) is 5.69 Å². The van der Waals surface area contributed by atoms with Gasteiger partial charge in [-0.15, -0.1) is 0 Å². The number of benzene rings is 2. The number of rotatable bonds is 5. The molecule has 2 aromatic carbocycles. The fourth-order valence-electron chi connectivity index (χ4n) is 4.08. The Morgan fingerprint density at radius 1 is 1.18 bits per heavy atom. The zero-order chi connectivity index (χ0) is 19.7. The number of nitro benzene ring substituents is 1. The van der Waals surface area contributed by atoms with Crippen molar-refractivity contribution < 1.29 is 9.72 Å². The van der Waals surface area contributed by atoms with Gasteiger partial charge in [-0.2, -0.15) is 0 Å². The van der Waals surface area contributed by atoms with E-state index < -0.39 is 4.92 Å². The largest absolute Gasteiger partial charge is 0.345 e. The van der Waals surface area contributed by atoms with Gasteiger partial charge in [-0.25, -0.2) is 0 Å². The Morgan fingerprint density at radius 3 is 2.68 bits per heavy atom. The van der Waals surface area contributed by atoms with Crippen LogP contribution in [0.3, 0.4) is 0 Å². The Hall–Kier alpha value is -2.99. The quantitative estimate of drug-likeness (QED) is 0.378. The summed E-state index contributed by atoms with van der Waals surface area (Å²) < 4.78 is 2.09. The highest BCUT2D eigenvalue weighted by atomic mass is 16.6. The number of fused-ring (bicyclic) bond motifs is 1. The molecule has 0 bridgehead atoms. The Bertz CT molecular complexity index is 1030. The maximum atomic E-state index is 13.1. The molecule has 6 nitrogen and oxygen atoms in total. The highest BCUT2D eigenvalue weighted by Gasteiger charge is 2.23. The number of nitro groups is 1. The summed E-state index contributed by atoms with van der Waals surface area (Å²) in [5.41, 5.74) is 1.97. The summed E-state index contributed by atoms with van der Waals surface area (Å²) >= 11 is 0. The van der Waals surface area contributed by atoms with Crippen molar-refractivity contribution >= 4 is 22.4 Å². The van der Waals surface area contributed by atoms with Crippen LogP contribution in [-0.4, -0.2) is 39.8 Å². The van der Waals surface area contributed by atoms with Crippen LogP contribution in [0.1, 0.15) is 35.2 Å². The van der Waals surface area contributed by atoms with Crippen molar-refractivity contribution in [1.82, 2.24) is 9.47 Å². The van der Waals surface area contributed by atoms with E-state index in [-0.39, 0.29) is 11.5 Å². The van der Waals surface area contributed by atoms with Crippen LogP contribution in [-0.2, 0) is 6.54 Å². The number of hydrogen-bond acceptors (Lipinski definition) is 4. The monoisotopic (exact) mass is 377 g/mol. The average molecular weight is 377 g/mol. The molecule has 1 saturated heterocycles. The fraction of sp³-hybridized carbons (Fsp3) is 0.318. The van der Waals surface area contributed by atoms with Crippen molar-refractivity contribution in [3.05, 3.63) is 76.0 Å². The van der Waals surface area contributed by atoms with Crippen molar-refractivity contribution in [2.24, 2.45) is 0 Å². The Morgan fingerprint density at radius 2 is 1.96 bits per heavy atom. The third kappa shape index (κ3) is 3.43. The first kappa shape index (κ1) is 18.4. The van der Waals surface area contributed by atoms with Gasteiger partial charge in [0.1, 0.15) is 0 Å². The van der Waals surface area contributed by atoms with E-state index in [0.29, 0.717) is 22.6 Å². The third-order valence-corrected chi connectivity index (χ3v) is 5.69. The summed E-state index contributed by atoms with van der Waals surface area (Å²) in [6.07, 6.45) is 5.40. The summed E-state index contributed by atoms with van der Waals surface area (Å²) in [5, 5.41) is 11.9. The van der Waals surface area contributed by atoms with E-state index in [1.165, 1.54) is 25.0 Å². The van der Waals surface area contributed by atoms with Crippen LogP contribution in [0.5, 0.6) is 0 Å². The summed E-state index contributed by atoms with van der Waals surface area (Å²) in [7, 11) is 2.14. The second kappa shape index (κ2) is 7.56. The van der Waals surface area contributed by atoms with E-state index in [4.69, 9.17) is 0 Å². The molecule has 1 aliphatic heterocycles. The molecular formula is C22H23N3O3. The highest BCUT2D eigenvalue weighted by Crippen LogP contribution is 2.29. The summed E-state index contributed by atoms with van der Waals surface area (Å²) in [6, 6.07) is 14.3. The number of aromatic nitrogens is 1. The Kier molecular flexibility index (Phi) is 4.96. The number of carbonyl (C=O) groups excluding carboxylic acids is 1. The van der Waals surface area contributed by atoms with E-state index >= 15 is 0 Å². The van der Waals surface area contributed by atoms with Crippen LogP contribution in [0.4, 0.5) is 5.69 Å². The number of carbonyl (C=O) groups is 1. The molecule has 1 unspecified atom stereocenters. The smallest absolute Gasteiger partial charge is 0.270 e. The van der Waals surface area contributed by atoms with Gasteiger partial charge in [-0.1, -0.05) is 36.8 Å². The molecule has 2 heterocycles. The number of hydrogen-bond donors (Lipinski definition) is 0. The van der Waals surface area contributed by atoms with Gasteiger partial charge in [0.2, 0.25) is 0 Å². The molecule has 0 N–H and O–H groups in total. The van der Waals surface area contributed by atoms with Crippen LogP contribution in [0.15, 0.2) is 54.7 Å². The minimum atomic E-state index is -0.414. The lowest BCUT2D eigenvalue weighted by atomic mass is 10.0. The molecular weight excluding hydrogens is 354 g/mol. The first-order valence-electron chi connectivity index (χ1n) is 9.62. The van der Waals surface area contributed by atoms with Gasteiger partial charge in [0.15, 0.2) is 5.78 Å². The lowest BCUT2D eigenvalue weighted by Crippen LogP contribution is -2.39. The number of likely N-dealkylation sites (tertiary alicyclic amines) is 1. The minimum Gasteiger partial charge on any atom is -0.345 e. The number of likely N-dealkylation sites (N-methyl/N-ethyl adjacent to an activating group) is 1. The van der Waals surface area contributed by atoms with Crippen LogP contribution < -0.4 is 0 Å². The molecule has 3 aromatic rings. The van der Waals surface area contributed by atoms with Crippen molar-refractivity contribution in [1.29, 1.82) is 0 Å². The molecule has 1 atom stereocenters. The third-order valence-electron chi connectivity index (χ3n) is 5.69. The Balaban J connectivity index is 1.80. The molecule has 0 aliphatic carbocycles. The van der Waals surface area contributed by atoms with E-state index in [1.807, 2.05) is 24.4 Å². The maximum absolute atomic E-state index is 13.1. The highest BCUT2D eigenvalue weighted by molar-refractivity contribution is 6.16. The van der Waals surface area contributed by atoms with E-state index in [2.05, 4.69) is 16.5 Å². The molecule has 1 fully saturated rings. The maximum Gasteiger partial charge on any atom is 0.270 e. The van der Waals surface area contributed by atoms with Gasteiger partial charge >= 0.3 is 0 Å². The van der Waals surface area contributed by atoms with E-state index in [0.717, 1.165) is 25.0 Å². The van der Waals surface area contributed by atoms with E-state index in [1.54, 1.807) is 18.2 Å². The number of ketones is 1. The second-order valence-electron chi connectivity index (χ2n) is 7.48. The normalized spacial score (nSPS) is 17.7. The molecule has 1 aliphatic rings. The molecule has 4 rings (SSSR count). The first-order chi connectivity index (χ1) is 13.5. The van der Waals surface area contributed by atoms with Crippen LogP contribution in [0, 0.1) is 10.1 Å². The minimum absolute atomic E-state index is 0.00199. The van der Waals surface area contributed by atoms with Crippen molar-refractivity contribution in [2.45, 2.75) is 31.8 Å². The lowest BCUT2D eigenvalue weighted by Gasteiger charge is -2.32. The molecule has 28 heavy (non-hydrogen) atoms. The summed E-state index contributed by atoms with van der Waals surface area (Å²) in [4.78, 5) is 26.3. The standard InChI is InChI=1S/C22H23N3O3/c1-23-12-6-5-9-18(23)14-24-15-20(22(26)16-7-3-2-4-8-16)19-13-17(25(27)28)10-11-21(19)24/h2-4,7-8,10-11,13,15,18H,5-6,9,12,14H2,1H3. The predicted octanol–water partition coefficient (Wildman–Crippen LogP) is 4.26. The number of non-ortho nitro benzene ring substituents is 1. The van der Waals surface area contributed by atoms with Gasteiger partial charge in [-0.05, 0) is 32.5 Å². The number of nitrogens with zero attached hydrogens (tertiary/aromatic N) is 3. The summed E-state index contributed by atoms with van der Waals surface area (Å²) in [6.45, 7) is 1.85. The lowest BCUT2D eigenvalue weighted by molar-refractivity contribution is -0.384. The molecule has 1 aromatic heterocycles. The van der Waals surface area contributed by atoms with Crippen LogP contribution in [0.2, 0.25) is 0 Å². The topological polar surface area (TPSA) is 68.4 Å². The second-order valence-corrected chi connectivity index (χ2v) is 7.48. The molecule has 0 spiro atoms. The number of piperidine rings is 1. The zero-order valence-corrected chi connectivity index (χ0v) is 15.9. The van der Waals surface area contributed by atoms with E-state index in [9.17, 15) is 14.9 Å². The predicted molar refractivity (Wildman–Crippen MR) is 109 cm³/mol. The SMILES string of the molecule is CN1CCCCC1Cn1cc(C(=O)c2ccccc2)c2cc([N+](=O)[O-])ccc21. The van der Waals surface area contributed by atoms with Crippen LogP contribution in [0.25, 0.3) is 10.9 Å². The van der Waals surface area contributed by atoms with Gasteiger partial charge in [0, 0.05) is 52.9 Å². The Labute approximate surface area is 163 Å². The average Bonchev–Trinajstić information content (AvgIpc) is 3.07. The summed E-state index contributed by atoms with van der Waals surface area (Å²) in [5.74, 6) is -0.109. The molecule has 6 heteroatoms. The molecule has 144 valence electrons. The zero-order valence-electron chi connectivity index (χ0n) is 15.9. The van der Waals surface area contributed by atoms with Crippen molar-refractivity contribution in [3.63, 3.8) is 0 Å².